The Balaban J connectivity index is 1.80. The maximum Gasteiger partial charge on any atom is 0.170 e. The van der Waals surface area contributed by atoms with Crippen molar-refractivity contribution < 1.29 is 0 Å². The number of benzene rings is 3. The van der Waals surface area contributed by atoms with Gasteiger partial charge < -0.3 is 0 Å². The molecule has 0 atom stereocenters. The van der Waals surface area contributed by atoms with Crippen molar-refractivity contribution in [3.05, 3.63) is 77.6 Å². The highest BCUT2D eigenvalue weighted by Gasteiger charge is 2.30. The van der Waals surface area contributed by atoms with Gasteiger partial charge in [0.1, 0.15) is 5.82 Å². The summed E-state index contributed by atoms with van der Waals surface area (Å²) < 4.78 is 4.90. The number of thiophene rings is 1. The molecule has 0 saturated heterocycles. The standard InChI is InChI=1S/C29H31N3S/c1-6-7-17-29(4,5)28-31-30-27(32(28)24-16-15-19(2)18-20(24)3)23-13-10-12-22-21-11-8-9-14-25(21)33-26(22)23/h8-16,18H,6-7,17H2,1-5H3. The third-order valence-corrected chi connectivity index (χ3v) is 7.88. The zero-order valence-corrected chi connectivity index (χ0v) is 21.0. The van der Waals surface area contributed by atoms with Crippen molar-refractivity contribution in [2.24, 2.45) is 0 Å². The fraction of sp³-hybridized carbons (Fsp3) is 0.310. The van der Waals surface area contributed by atoms with Crippen molar-refractivity contribution in [1.82, 2.24) is 14.8 Å². The Morgan fingerprint density at radius 2 is 1.70 bits per heavy atom. The Hall–Kier alpha value is -2.98. The lowest BCUT2D eigenvalue weighted by atomic mass is 9.86. The van der Waals surface area contributed by atoms with Gasteiger partial charge in [-0.25, -0.2) is 0 Å². The van der Waals surface area contributed by atoms with Gasteiger partial charge in [0, 0.05) is 31.2 Å². The van der Waals surface area contributed by atoms with Gasteiger partial charge in [0.2, 0.25) is 0 Å². The molecule has 2 aromatic heterocycles. The Labute approximate surface area is 200 Å². The van der Waals surface area contributed by atoms with Crippen LogP contribution in [0, 0.1) is 13.8 Å². The summed E-state index contributed by atoms with van der Waals surface area (Å²) in [6, 6.07) is 21.9. The quantitative estimate of drug-likeness (QED) is 0.258. The predicted octanol–water partition coefficient (Wildman–Crippen LogP) is 8.39. The first-order chi connectivity index (χ1) is 15.9. The van der Waals surface area contributed by atoms with E-state index in [-0.39, 0.29) is 5.41 Å². The predicted molar refractivity (Wildman–Crippen MR) is 142 cm³/mol. The van der Waals surface area contributed by atoms with Gasteiger partial charge in [-0.2, -0.15) is 0 Å². The third kappa shape index (κ3) is 3.76. The largest absolute Gasteiger partial charge is 0.278 e. The number of hydrogen-bond acceptors (Lipinski definition) is 3. The van der Waals surface area contributed by atoms with Crippen LogP contribution < -0.4 is 0 Å². The van der Waals surface area contributed by atoms with Crippen molar-refractivity contribution in [1.29, 1.82) is 0 Å². The molecule has 33 heavy (non-hydrogen) atoms. The van der Waals surface area contributed by atoms with E-state index in [0.717, 1.165) is 23.6 Å². The molecule has 0 spiro atoms. The van der Waals surface area contributed by atoms with Crippen LogP contribution in [0.3, 0.4) is 0 Å². The summed E-state index contributed by atoms with van der Waals surface area (Å²) in [4.78, 5) is 0. The van der Waals surface area contributed by atoms with Crippen LogP contribution >= 0.6 is 11.3 Å². The molecule has 0 unspecified atom stereocenters. The summed E-state index contributed by atoms with van der Waals surface area (Å²) in [5.41, 5.74) is 4.75. The monoisotopic (exact) mass is 453 g/mol. The number of nitrogens with zero attached hydrogens (tertiary/aromatic N) is 3. The van der Waals surface area contributed by atoms with Crippen molar-refractivity contribution in [3.8, 4) is 17.1 Å². The van der Waals surface area contributed by atoms with Crippen LogP contribution in [0.15, 0.2) is 60.7 Å². The van der Waals surface area contributed by atoms with E-state index in [1.54, 1.807) is 0 Å². The molecule has 3 aromatic carbocycles. The number of aryl methyl sites for hydroxylation is 2. The number of hydrogen-bond donors (Lipinski definition) is 0. The molecular formula is C29H31N3S. The summed E-state index contributed by atoms with van der Waals surface area (Å²) in [6.45, 7) is 11.2. The molecule has 0 saturated carbocycles. The molecule has 0 aliphatic carbocycles. The first-order valence-corrected chi connectivity index (χ1v) is 12.7. The Morgan fingerprint density at radius 3 is 2.48 bits per heavy atom. The first kappa shape index (κ1) is 21.8. The van der Waals surface area contributed by atoms with Crippen molar-refractivity contribution in [2.75, 3.05) is 0 Å². The van der Waals surface area contributed by atoms with Gasteiger partial charge >= 0.3 is 0 Å². The molecule has 5 rings (SSSR count). The third-order valence-electron chi connectivity index (χ3n) is 6.66. The van der Waals surface area contributed by atoms with Crippen LogP contribution in [0.5, 0.6) is 0 Å². The minimum Gasteiger partial charge on any atom is -0.278 e. The molecule has 0 aliphatic rings. The molecule has 0 radical (unpaired) electrons. The van der Waals surface area contributed by atoms with E-state index in [1.807, 2.05) is 11.3 Å². The normalized spacial score (nSPS) is 12.2. The van der Waals surface area contributed by atoms with Crippen molar-refractivity contribution >= 4 is 31.5 Å². The van der Waals surface area contributed by atoms with E-state index in [4.69, 9.17) is 10.2 Å². The molecule has 5 aromatic rings. The fourth-order valence-corrected chi connectivity index (χ4v) is 6.05. The molecule has 0 bridgehead atoms. The zero-order chi connectivity index (χ0) is 23.2. The number of fused-ring (bicyclic) bond motifs is 3. The van der Waals surface area contributed by atoms with Crippen LogP contribution in [0.25, 0.3) is 37.2 Å². The minimum absolute atomic E-state index is 0.0767. The maximum atomic E-state index is 4.84. The zero-order valence-electron chi connectivity index (χ0n) is 20.1. The molecule has 4 heteroatoms. The molecule has 168 valence electrons. The first-order valence-electron chi connectivity index (χ1n) is 11.8. The van der Waals surface area contributed by atoms with E-state index in [1.165, 1.54) is 49.8 Å². The topological polar surface area (TPSA) is 30.7 Å². The van der Waals surface area contributed by atoms with Crippen LogP contribution in [-0.4, -0.2) is 14.8 Å². The van der Waals surface area contributed by atoms with Gasteiger partial charge in [0.05, 0.1) is 5.69 Å². The second kappa shape index (κ2) is 8.42. The maximum absolute atomic E-state index is 4.84. The van der Waals surface area contributed by atoms with Crippen molar-refractivity contribution in [3.63, 3.8) is 0 Å². The average molecular weight is 454 g/mol. The highest BCUT2D eigenvalue weighted by atomic mass is 32.1. The van der Waals surface area contributed by atoms with Crippen LogP contribution in [0.4, 0.5) is 0 Å². The molecule has 0 fully saturated rings. The lowest BCUT2D eigenvalue weighted by Gasteiger charge is -2.25. The highest BCUT2D eigenvalue weighted by Crippen LogP contribution is 2.41. The molecule has 0 N–H and O–H groups in total. The van der Waals surface area contributed by atoms with E-state index in [0.29, 0.717) is 0 Å². The molecule has 0 amide bonds. The Bertz CT molecular complexity index is 1450. The summed E-state index contributed by atoms with van der Waals surface area (Å²) in [7, 11) is 0. The van der Waals surface area contributed by atoms with Crippen molar-refractivity contribution in [2.45, 2.75) is 59.3 Å². The lowest BCUT2D eigenvalue weighted by Crippen LogP contribution is -2.23. The molecule has 2 heterocycles. The number of unbranched alkanes of at least 4 members (excludes halogenated alkanes) is 1. The van der Waals surface area contributed by atoms with Crippen LogP contribution in [0.1, 0.15) is 57.0 Å². The summed E-state index contributed by atoms with van der Waals surface area (Å²) in [6.07, 6.45) is 3.43. The second-order valence-electron chi connectivity index (χ2n) is 9.74. The Kier molecular flexibility index (Phi) is 5.57. The van der Waals surface area contributed by atoms with Gasteiger partial charge in [-0.15, -0.1) is 21.5 Å². The fourth-order valence-electron chi connectivity index (χ4n) is 4.84. The summed E-state index contributed by atoms with van der Waals surface area (Å²) in [5.74, 6) is 1.97. The number of aromatic nitrogens is 3. The Morgan fingerprint density at radius 1 is 0.909 bits per heavy atom. The van der Waals surface area contributed by atoms with E-state index >= 15 is 0 Å². The van der Waals surface area contributed by atoms with Crippen LogP contribution in [0.2, 0.25) is 0 Å². The SMILES string of the molecule is CCCCC(C)(C)c1nnc(-c2cccc3c2sc2ccccc23)n1-c1ccc(C)cc1C. The minimum atomic E-state index is -0.0767. The van der Waals surface area contributed by atoms with Gasteiger partial charge in [0.15, 0.2) is 5.82 Å². The second-order valence-corrected chi connectivity index (χ2v) is 10.8. The van der Waals surface area contributed by atoms with Gasteiger partial charge in [-0.1, -0.05) is 81.6 Å². The summed E-state index contributed by atoms with van der Waals surface area (Å²) in [5, 5.41) is 12.3. The molecular weight excluding hydrogens is 422 g/mol. The molecule has 3 nitrogen and oxygen atoms in total. The van der Waals surface area contributed by atoms with E-state index in [9.17, 15) is 0 Å². The van der Waals surface area contributed by atoms with E-state index < -0.39 is 0 Å². The highest BCUT2D eigenvalue weighted by molar-refractivity contribution is 7.26. The van der Waals surface area contributed by atoms with Gasteiger partial charge in [-0.3, -0.25) is 4.57 Å². The lowest BCUT2D eigenvalue weighted by molar-refractivity contribution is 0.425. The molecule has 0 aliphatic heterocycles. The van der Waals surface area contributed by atoms with Crippen LogP contribution in [-0.2, 0) is 5.41 Å². The summed E-state index contributed by atoms with van der Waals surface area (Å²) >= 11 is 1.84. The van der Waals surface area contributed by atoms with Gasteiger partial charge in [-0.05, 0) is 44.0 Å². The van der Waals surface area contributed by atoms with Gasteiger partial charge in [0.25, 0.3) is 0 Å². The average Bonchev–Trinajstić information content (AvgIpc) is 3.40. The smallest absolute Gasteiger partial charge is 0.170 e. The van der Waals surface area contributed by atoms with E-state index in [2.05, 4.69) is 99.8 Å². The number of rotatable bonds is 6.